The highest BCUT2D eigenvalue weighted by molar-refractivity contribution is 7.99. The molecule has 0 amide bonds. The van der Waals surface area contributed by atoms with Gasteiger partial charge in [-0.1, -0.05) is 17.7 Å². The fourth-order valence-corrected chi connectivity index (χ4v) is 2.61. The summed E-state index contributed by atoms with van der Waals surface area (Å²) in [6.07, 6.45) is 0. The van der Waals surface area contributed by atoms with Crippen molar-refractivity contribution in [3.63, 3.8) is 0 Å². The molecule has 0 aliphatic heterocycles. The summed E-state index contributed by atoms with van der Waals surface area (Å²) in [5, 5.41) is 4.10. The van der Waals surface area contributed by atoms with Crippen molar-refractivity contribution in [2.75, 3.05) is 39.7 Å². The summed E-state index contributed by atoms with van der Waals surface area (Å²) in [5.41, 5.74) is 1.19. The van der Waals surface area contributed by atoms with Gasteiger partial charge in [-0.3, -0.25) is 0 Å². The van der Waals surface area contributed by atoms with Gasteiger partial charge >= 0.3 is 0 Å². The van der Waals surface area contributed by atoms with Gasteiger partial charge in [0.25, 0.3) is 0 Å². The molecule has 0 bridgehead atoms. The van der Waals surface area contributed by atoms with Crippen LogP contribution in [-0.2, 0) is 16.0 Å². The maximum atomic E-state index is 6.23. The topological polar surface area (TPSA) is 30.5 Å². The van der Waals surface area contributed by atoms with Crippen LogP contribution < -0.4 is 5.32 Å². The molecule has 3 nitrogen and oxygen atoms in total. The Kier molecular flexibility index (Phi) is 8.46. The summed E-state index contributed by atoms with van der Waals surface area (Å²) in [7, 11) is 3.40. The molecule has 0 unspecified atom stereocenters. The quantitative estimate of drug-likeness (QED) is 0.559. The van der Waals surface area contributed by atoms with Crippen LogP contribution in [0.5, 0.6) is 0 Å². The molecule has 0 aromatic heterocycles. The average Bonchev–Trinajstić information content (AvgIpc) is 2.37. The van der Waals surface area contributed by atoms with E-state index in [1.807, 2.05) is 6.07 Å². The number of hydrogen-bond acceptors (Lipinski definition) is 4. The second-order valence-electron chi connectivity index (χ2n) is 3.78. The van der Waals surface area contributed by atoms with E-state index in [0.29, 0.717) is 0 Å². The highest BCUT2D eigenvalue weighted by Gasteiger charge is 2.02. The van der Waals surface area contributed by atoms with Crippen LogP contribution in [0, 0.1) is 0 Å². The Morgan fingerprint density at radius 1 is 1.22 bits per heavy atom. The molecule has 5 heteroatoms. The number of nitrogens with one attached hydrogen (secondary N) is 1. The average molecular weight is 290 g/mol. The van der Waals surface area contributed by atoms with Gasteiger partial charge in [0.15, 0.2) is 0 Å². The van der Waals surface area contributed by atoms with Crippen molar-refractivity contribution in [3.05, 3.63) is 28.8 Å². The molecule has 0 atom stereocenters. The number of benzene rings is 1. The van der Waals surface area contributed by atoms with E-state index in [1.165, 1.54) is 5.56 Å². The van der Waals surface area contributed by atoms with Crippen LogP contribution in [0.15, 0.2) is 23.1 Å². The minimum atomic E-state index is 0.721. The molecule has 18 heavy (non-hydrogen) atoms. The zero-order valence-corrected chi connectivity index (χ0v) is 12.4. The third-order valence-electron chi connectivity index (χ3n) is 2.35. The minimum Gasteiger partial charge on any atom is -0.384 e. The molecule has 0 radical (unpaired) electrons. The van der Waals surface area contributed by atoms with Gasteiger partial charge in [0, 0.05) is 38.0 Å². The fourth-order valence-electron chi connectivity index (χ4n) is 1.41. The number of rotatable bonds is 9. The zero-order chi connectivity index (χ0) is 13.2. The molecular formula is C13H20ClNO2S. The SMILES string of the molecule is COCCNCc1ccc(SCCOC)c(Cl)c1. The fraction of sp³-hybridized carbons (Fsp3) is 0.538. The third-order valence-corrected chi connectivity index (χ3v) is 3.82. The predicted octanol–water partition coefficient (Wildman–Crippen LogP) is 2.81. The number of halogens is 1. The van der Waals surface area contributed by atoms with E-state index in [4.69, 9.17) is 21.1 Å². The summed E-state index contributed by atoms with van der Waals surface area (Å²) in [4.78, 5) is 1.11. The lowest BCUT2D eigenvalue weighted by atomic mass is 10.2. The Morgan fingerprint density at radius 2 is 2.00 bits per heavy atom. The molecule has 0 heterocycles. The Hall–Kier alpha value is -0.260. The van der Waals surface area contributed by atoms with Gasteiger partial charge in [0.1, 0.15) is 0 Å². The van der Waals surface area contributed by atoms with Gasteiger partial charge in [-0.25, -0.2) is 0 Å². The van der Waals surface area contributed by atoms with Gasteiger partial charge in [-0.05, 0) is 17.7 Å². The van der Waals surface area contributed by atoms with Crippen molar-refractivity contribution in [1.29, 1.82) is 0 Å². The van der Waals surface area contributed by atoms with Gasteiger partial charge in [-0.15, -0.1) is 11.8 Å². The summed E-state index contributed by atoms with van der Waals surface area (Å²) in [6.45, 7) is 3.12. The maximum absolute atomic E-state index is 6.23. The molecule has 1 N–H and O–H groups in total. The molecule has 0 aliphatic carbocycles. The molecule has 0 aliphatic rings. The Morgan fingerprint density at radius 3 is 2.67 bits per heavy atom. The first-order chi connectivity index (χ1) is 8.77. The van der Waals surface area contributed by atoms with Crippen molar-refractivity contribution in [2.24, 2.45) is 0 Å². The van der Waals surface area contributed by atoms with Crippen LogP contribution in [0.1, 0.15) is 5.56 Å². The molecular weight excluding hydrogens is 270 g/mol. The van der Waals surface area contributed by atoms with Crippen LogP contribution in [0.2, 0.25) is 5.02 Å². The maximum Gasteiger partial charge on any atom is 0.0587 e. The first-order valence-corrected chi connectivity index (χ1v) is 7.24. The summed E-state index contributed by atoms with van der Waals surface area (Å²) >= 11 is 7.95. The van der Waals surface area contributed by atoms with Gasteiger partial charge in [0.2, 0.25) is 0 Å². The van der Waals surface area contributed by atoms with Gasteiger partial charge in [-0.2, -0.15) is 0 Å². The third kappa shape index (κ3) is 6.07. The highest BCUT2D eigenvalue weighted by Crippen LogP contribution is 2.27. The van der Waals surface area contributed by atoms with Crippen LogP contribution in [0.4, 0.5) is 0 Å². The van der Waals surface area contributed by atoms with Crippen molar-refractivity contribution in [1.82, 2.24) is 5.32 Å². The predicted molar refractivity (Wildman–Crippen MR) is 77.6 cm³/mol. The molecule has 1 aromatic carbocycles. The number of methoxy groups -OCH3 is 2. The van der Waals surface area contributed by atoms with Crippen molar-refractivity contribution in [2.45, 2.75) is 11.4 Å². The monoisotopic (exact) mass is 289 g/mol. The summed E-state index contributed by atoms with van der Waals surface area (Å²) < 4.78 is 9.99. The second kappa shape index (κ2) is 9.64. The van der Waals surface area contributed by atoms with Gasteiger partial charge < -0.3 is 14.8 Å². The highest BCUT2D eigenvalue weighted by atomic mass is 35.5. The van der Waals surface area contributed by atoms with Gasteiger partial charge in [0.05, 0.1) is 18.2 Å². The second-order valence-corrected chi connectivity index (χ2v) is 5.32. The van der Waals surface area contributed by atoms with Crippen molar-refractivity contribution < 1.29 is 9.47 Å². The normalized spacial score (nSPS) is 10.8. The standard InChI is InChI=1S/C13H20ClNO2S/c1-16-6-5-15-10-11-3-4-13(12(14)9-11)18-8-7-17-2/h3-4,9,15H,5-8,10H2,1-2H3. The lowest BCUT2D eigenvalue weighted by molar-refractivity contribution is 0.199. The molecule has 102 valence electrons. The lowest BCUT2D eigenvalue weighted by Gasteiger charge is -2.08. The van der Waals surface area contributed by atoms with Crippen LogP contribution in [-0.4, -0.2) is 39.7 Å². The molecule has 0 fully saturated rings. The van der Waals surface area contributed by atoms with Crippen LogP contribution in [0.25, 0.3) is 0 Å². The summed E-state index contributed by atoms with van der Waals surface area (Å²) in [6, 6.07) is 6.17. The molecule has 0 spiro atoms. The minimum absolute atomic E-state index is 0.721. The first-order valence-electron chi connectivity index (χ1n) is 5.87. The van der Waals surface area contributed by atoms with Crippen molar-refractivity contribution in [3.8, 4) is 0 Å². The lowest BCUT2D eigenvalue weighted by Crippen LogP contribution is -2.18. The van der Waals surface area contributed by atoms with Crippen molar-refractivity contribution >= 4 is 23.4 Å². The van der Waals surface area contributed by atoms with E-state index in [0.717, 1.165) is 42.0 Å². The van der Waals surface area contributed by atoms with E-state index in [-0.39, 0.29) is 0 Å². The number of ether oxygens (including phenoxy) is 2. The largest absolute Gasteiger partial charge is 0.384 e. The number of thioether (sulfide) groups is 1. The van der Waals surface area contributed by atoms with E-state index >= 15 is 0 Å². The van der Waals surface area contributed by atoms with E-state index < -0.39 is 0 Å². The molecule has 0 saturated carbocycles. The first kappa shape index (κ1) is 15.8. The molecule has 1 aromatic rings. The van der Waals surface area contributed by atoms with Crippen LogP contribution in [0.3, 0.4) is 0 Å². The Labute approximate surface area is 118 Å². The van der Waals surface area contributed by atoms with E-state index in [2.05, 4.69) is 17.4 Å². The van der Waals surface area contributed by atoms with E-state index in [1.54, 1.807) is 26.0 Å². The zero-order valence-electron chi connectivity index (χ0n) is 10.9. The van der Waals surface area contributed by atoms with Crippen LogP contribution >= 0.6 is 23.4 Å². The van der Waals surface area contributed by atoms with E-state index in [9.17, 15) is 0 Å². The Bertz CT molecular complexity index is 350. The molecule has 0 saturated heterocycles. The number of hydrogen-bond donors (Lipinski definition) is 1. The molecule has 1 rings (SSSR count). The smallest absolute Gasteiger partial charge is 0.0587 e. The summed E-state index contributed by atoms with van der Waals surface area (Å²) in [5.74, 6) is 0.918. The Balaban J connectivity index is 2.41.